The lowest BCUT2D eigenvalue weighted by molar-refractivity contribution is 0.0465. The van der Waals surface area contributed by atoms with Gasteiger partial charge in [0, 0.05) is 18.6 Å². The molecule has 3 unspecified atom stereocenters. The van der Waals surface area contributed by atoms with E-state index < -0.39 is 17.3 Å². The van der Waals surface area contributed by atoms with E-state index in [1.54, 1.807) is 18.3 Å². The van der Waals surface area contributed by atoms with E-state index in [9.17, 15) is 9.90 Å². The van der Waals surface area contributed by atoms with Crippen LogP contribution in [0.1, 0.15) is 47.1 Å². The molecule has 0 bridgehead atoms. The summed E-state index contributed by atoms with van der Waals surface area (Å²) < 4.78 is 5.24. The van der Waals surface area contributed by atoms with Crippen LogP contribution < -0.4 is 10.6 Å². The number of rotatable bonds is 6. The number of hydrogen-bond acceptors (Lipinski definition) is 5. The average molecular weight is 328 g/mol. The van der Waals surface area contributed by atoms with Gasteiger partial charge in [-0.15, -0.1) is 0 Å². The van der Waals surface area contributed by atoms with Crippen LogP contribution in [0.25, 0.3) is 0 Å². The predicted octanol–water partition coefficient (Wildman–Crippen LogP) is 2.85. The van der Waals surface area contributed by atoms with Gasteiger partial charge in [0.15, 0.2) is 0 Å². The predicted molar refractivity (Wildman–Crippen MR) is 90.2 cm³/mol. The summed E-state index contributed by atoms with van der Waals surface area (Å²) in [6.07, 6.45) is -0.432. The number of carbonyl (C=O) groups excluding carboxylic acids is 1. The first-order valence-corrected chi connectivity index (χ1v) is 8.43. The van der Waals surface area contributed by atoms with E-state index in [-0.39, 0.29) is 12.1 Å². The lowest BCUT2D eigenvalue weighted by Gasteiger charge is -2.29. The molecule has 3 N–H and O–H groups in total. The van der Waals surface area contributed by atoms with Gasteiger partial charge in [0.05, 0.1) is 5.60 Å². The Bertz CT molecular complexity index is 466. The van der Waals surface area contributed by atoms with Gasteiger partial charge in [-0.25, -0.2) is 4.79 Å². The van der Waals surface area contributed by atoms with Gasteiger partial charge < -0.3 is 20.5 Å². The van der Waals surface area contributed by atoms with Crippen LogP contribution in [0.15, 0.2) is 16.8 Å². The maximum Gasteiger partial charge on any atom is 0.407 e. The largest absolute Gasteiger partial charge is 0.444 e. The Kier molecular flexibility index (Phi) is 6.40. The third-order valence-electron chi connectivity index (χ3n) is 3.41. The van der Waals surface area contributed by atoms with Crippen molar-refractivity contribution in [3.63, 3.8) is 0 Å². The summed E-state index contributed by atoms with van der Waals surface area (Å²) in [7, 11) is 0. The maximum absolute atomic E-state index is 11.8. The van der Waals surface area contributed by atoms with Crippen LogP contribution in [0.2, 0.25) is 0 Å². The number of nitrogens with one attached hydrogen (secondary N) is 2. The molecular weight excluding hydrogens is 300 g/mol. The third kappa shape index (κ3) is 6.34. The molecule has 0 spiro atoms. The molecule has 22 heavy (non-hydrogen) atoms. The lowest BCUT2D eigenvalue weighted by atomic mass is 9.98. The normalized spacial score (nSPS) is 17.4. The molecule has 0 aliphatic carbocycles. The van der Waals surface area contributed by atoms with Crippen LogP contribution >= 0.6 is 11.3 Å². The fraction of sp³-hybridized carbons (Fsp3) is 0.688. The van der Waals surface area contributed by atoms with E-state index >= 15 is 0 Å². The molecule has 1 aromatic rings. The van der Waals surface area contributed by atoms with E-state index in [2.05, 4.69) is 10.6 Å². The van der Waals surface area contributed by atoms with Crippen LogP contribution in [0.5, 0.6) is 0 Å². The van der Waals surface area contributed by atoms with Crippen LogP contribution in [-0.4, -0.2) is 35.4 Å². The van der Waals surface area contributed by atoms with Crippen LogP contribution in [0.4, 0.5) is 4.79 Å². The van der Waals surface area contributed by atoms with E-state index in [4.69, 9.17) is 4.74 Å². The molecule has 1 rings (SSSR count). The Morgan fingerprint density at radius 1 is 1.32 bits per heavy atom. The zero-order chi connectivity index (χ0) is 17.0. The van der Waals surface area contributed by atoms with E-state index in [1.165, 1.54) is 0 Å². The molecule has 5 nitrogen and oxygen atoms in total. The summed E-state index contributed by atoms with van der Waals surface area (Å²) in [5, 5.41) is 20.4. The molecule has 1 amide bonds. The molecule has 0 saturated heterocycles. The molecule has 126 valence electrons. The van der Waals surface area contributed by atoms with E-state index in [1.807, 2.05) is 51.4 Å². The van der Waals surface area contributed by atoms with Crippen molar-refractivity contribution in [3.8, 4) is 0 Å². The second kappa shape index (κ2) is 7.44. The molecule has 0 fully saturated rings. The van der Waals surface area contributed by atoms with E-state index in [0.29, 0.717) is 6.54 Å². The Morgan fingerprint density at radius 2 is 1.95 bits per heavy atom. The fourth-order valence-corrected chi connectivity index (χ4v) is 2.61. The number of alkyl carbamates (subject to hydrolysis) is 1. The molecule has 3 atom stereocenters. The Balaban J connectivity index is 2.44. The molecule has 0 aliphatic rings. The summed E-state index contributed by atoms with van der Waals surface area (Å²) in [6.45, 7) is 11.5. The minimum Gasteiger partial charge on any atom is -0.444 e. The summed E-state index contributed by atoms with van der Waals surface area (Å²) >= 11 is 1.56. The van der Waals surface area contributed by atoms with Crippen molar-refractivity contribution in [2.45, 2.75) is 64.8 Å². The lowest BCUT2D eigenvalue weighted by Crippen LogP contribution is -2.50. The maximum atomic E-state index is 11.8. The zero-order valence-corrected chi connectivity index (χ0v) is 15.1. The molecule has 0 radical (unpaired) electrons. The van der Waals surface area contributed by atoms with Gasteiger partial charge in [0.1, 0.15) is 5.60 Å². The zero-order valence-electron chi connectivity index (χ0n) is 14.3. The number of carbonyl (C=O) groups is 1. The van der Waals surface area contributed by atoms with Gasteiger partial charge in [-0.05, 0) is 63.9 Å². The van der Waals surface area contributed by atoms with Crippen molar-refractivity contribution in [2.75, 3.05) is 6.54 Å². The van der Waals surface area contributed by atoms with Gasteiger partial charge in [-0.1, -0.05) is 0 Å². The SMILES string of the molecule is CC(NCC(C)(O)c1ccsc1)C(C)NC(=O)OC(C)(C)C. The molecule has 0 aromatic carbocycles. The number of aliphatic hydroxyl groups is 1. The molecule has 0 saturated carbocycles. The standard InChI is InChI=1S/C16H28N2O3S/c1-11(12(2)18-14(19)21-15(3,4)5)17-10-16(6,20)13-7-8-22-9-13/h7-9,11-12,17,20H,10H2,1-6H3,(H,18,19). The van der Waals surface area contributed by atoms with Gasteiger partial charge >= 0.3 is 6.09 Å². The smallest absolute Gasteiger partial charge is 0.407 e. The molecular formula is C16H28N2O3S. The van der Waals surface area contributed by atoms with Crippen molar-refractivity contribution in [1.29, 1.82) is 0 Å². The first-order chi connectivity index (χ1) is 10.0. The van der Waals surface area contributed by atoms with Crippen LogP contribution in [0.3, 0.4) is 0 Å². The second-order valence-electron chi connectivity index (χ2n) is 6.89. The monoisotopic (exact) mass is 328 g/mol. The summed E-state index contributed by atoms with van der Waals surface area (Å²) in [5.74, 6) is 0. The highest BCUT2D eigenvalue weighted by atomic mass is 32.1. The quantitative estimate of drug-likeness (QED) is 0.751. The minimum atomic E-state index is -0.931. The summed E-state index contributed by atoms with van der Waals surface area (Å²) in [6, 6.07) is 1.80. The number of amides is 1. The Labute approximate surface area is 137 Å². The topological polar surface area (TPSA) is 70.6 Å². The minimum absolute atomic E-state index is 0.00220. The van der Waals surface area contributed by atoms with Gasteiger partial charge in [-0.3, -0.25) is 0 Å². The summed E-state index contributed by atoms with van der Waals surface area (Å²) in [5.41, 5.74) is -0.548. The highest BCUT2D eigenvalue weighted by Crippen LogP contribution is 2.22. The van der Waals surface area contributed by atoms with Crippen molar-refractivity contribution < 1.29 is 14.6 Å². The van der Waals surface area contributed by atoms with Gasteiger partial charge in [0.25, 0.3) is 0 Å². The molecule has 0 aliphatic heterocycles. The first kappa shape index (κ1) is 18.9. The average Bonchev–Trinajstić information content (AvgIpc) is 2.87. The third-order valence-corrected chi connectivity index (χ3v) is 4.09. The Hall–Kier alpha value is -1.11. The van der Waals surface area contributed by atoms with Crippen LogP contribution in [0, 0.1) is 0 Å². The molecule has 6 heteroatoms. The van der Waals surface area contributed by atoms with Crippen molar-refractivity contribution in [1.82, 2.24) is 10.6 Å². The number of ether oxygens (including phenoxy) is 1. The second-order valence-corrected chi connectivity index (χ2v) is 7.67. The van der Waals surface area contributed by atoms with Crippen molar-refractivity contribution >= 4 is 17.4 Å². The Morgan fingerprint density at radius 3 is 2.45 bits per heavy atom. The molecule has 1 aromatic heterocycles. The van der Waals surface area contributed by atoms with Gasteiger partial charge in [-0.2, -0.15) is 11.3 Å². The number of hydrogen-bond donors (Lipinski definition) is 3. The number of thiophene rings is 1. The van der Waals surface area contributed by atoms with Crippen molar-refractivity contribution in [2.24, 2.45) is 0 Å². The first-order valence-electron chi connectivity index (χ1n) is 7.49. The fourth-order valence-electron chi connectivity index (χ4n) is 1.83. The summed E-state index contributed by atoms with van der Waals surface area (Å²) in [4.78, 5) is 11.8. The highest BCUT2D eigenvalue weighted by Gasteiger charge is 2.26. The van der Waals surface area contributed by atoms with Crippen molar-refractivity contribution in [3.05, 3.63) is 22.4 Å². The molecule has 1 heterocycles. The van der Waals surface area contributed by atoms with Crippen LogP contribution in [-0.2, 0) is 10.3 Å². The highest BCUT2D eigenvalue weighted by molar-refractivity contribution is 7.08. The van der Waals surface area contributed by atoms with Gasteiger partial charge in [0.2, 0.25) is 0 Å². The van der Waals surface area contributed by atoms with E-state index in [0.717, 1.165) is 5.56 Å².